The molecule has 2 aliphatic rings. The van der Waals surface area contributed by atoms with Crippen molar-refractivity contribution in [3.63, 3.8) is 0 Å². The molecule has 0 aromatic heterocycles. The molecule has 2 aliphatic heterocycles. The van der Waals surface area contributed by atoms with E-state index >= 15 is 0 Å². The molecule has 110 valence electrons. The van der Waals surface area contributed by atoms with Crippen LogP contribution in [-0.2, 0) is 9.47 Å². The molecule has 0 atom stereocenters. The number of piperazine rings is 1. The topological polar surface area (TPSA) is 24.9 Å². The van der Waals surface area contributed by atoms with E-state index in [4.69, 9.17) is 9.47 Å². The number of rotatable bonds is 4. The quantitative estimate of drug-likeness (QED) is 0.839. The van der Waals surface area contributed by atoms with Gasteiger partial charge < -0.3 is 14.4 Å². The number of anilines is 1. The van der Waals surface area contributed by atoms with Crippen LogP contribution in [-0.4, -0.2) is 57.1 Å². The van der Waals surface area contributed by atoms with E-state index in [9.17, 15) is 0 Å². The molecule has 0 aliphatic carbocycles. The Hall–Kier alpha value is -0.620. The highest BCUT2D eigenvalue weighted by molar-refractivity contribution is 9.10. The molecule has 0 unspecified atom stereocenters. The Balaban J connectivity index is 1.44. The average Bonchev–Trinajstić information content (AvgIpc) is 2.99. The first kappa shape index (κ1) is 14.3. The minimum absolute atomic E-state index is 0.0260. The highest BCUT2D eigenvalue weighted by atomic mass is 79.9. The van der Waals surface area contributed by atoms with Crippen molar-refractivity contribution in [1.29, 1.82) is 0 Å². The highest BCUT2D eigenvalue weighted by Crippen LogP contribution is 2.21. The van der Waals surface area contributed by atoms with Crippen molar-refractivity contribution in [3.8, 4) is 0 Å². The predicted molar refractivity (Wildman–Crippen MR) is 83.1 cm³/mol. The first-order chi connectivity index (χ1) is 9.81. The highest BCUT2D eigenvalue weighted by Gasteiger charge is 2.20. The van der Waals surface area contributed by atoms with Crippen molar-refractivity contribution < 1.29 is 9.47 Å². The normalized spacial score (nSPS) is 21.6. The largest absolute Gasteiger partial charge is 0.369 e. The fourth-order valence-corrected chi connectivity index (χ4v) is 3.15. The van der Waals surface area contributed by atoms with E-state index in [1.807, 2.05) is 0 Å². The summed E-state index contributed by atoms with van der Waals surface area (Å²) < 4.78 is 12.1. The molecule has 4 nitrogen and oxygen atoms in total. The Morgan fingerprint density at radius 1 is 1.10 bits per heavy atom. The van der Waals surface area contributed by atoms with Crippen LogP contribution < -0.4 is 4.90 Å². The number of benzene rings is 1. The van der Waals surface area contributed by atoms with Gasteiger partial charge in [0.2, 0.25) is 0 Å². The van der Waals surface area contributed by atoms with Gasteiger partial charge in [0.05, 0.1) is 13.2 Å². The molecule has 2 saturated heterocycles. The fraction of sp³-hybridized carbons (Fsp3) is 0.600. The molecule has 0 spiro atoms. The van der Waals surface area contributed by atoms with Crippen LogP contribution in [0.1, 0.15) is 6.42 Å². The number of hydrogen-bond donors (Lipinski definition) is 0. The summed E-state index contributed by atoms with van der Waals surface area (Å²) in [6.07, 6.45) is 1.01. The Bertz CT molecular complexity index is 430. The van der Waals surface area contributed by atoms with Gasteiger partial charge in [0.25, 0.3) is 0 Å². The van der Waals surface area contributed by atoms with Crippen molar-refractivity contribution in [2.75, 3.05) is 50.8 Å². The lowest BCUT2D eigenvalue weighted by Gasteiger charge is -2.36. The monoisotopic (exact) mass is 340 g/mol. The maximum absolute atomic E-state index is 5.48. The van der Waals surface area contributed by atoms with E-state index in [-0.39, 0.29) is 6.29 Å². The third kappa shape index (κ3) is 3.73. The van der Waals surface area contributed by atoms with E-state index in [0.29, 0.717) is 0 Å². The lowest BCUT2D eigenvalue weighted by molar-refractivity contribution is -0.0516. The second-order valence-electron chi connectivity index (χ2n) is 5.27. The maximum Gasteiger partial charge on any atom is 0.159 e. The second-order valence-corrected chi connectivity index (χ2v) is 6.18. The Labute approximate surface area is 128 Å². The summed E-state index contributed by atoms with van der Waals surface area (Å²) >= 11 is 3.54. The number of ether oxygens (including phenoxy) is 2. The Morgan fingerprint density at radius 3 is 2.55 bits per heavy atom. The summed E-state index contributed by atoms with van der Waals surface area (Å²) in [6.45, 7) is 6.96. The third-order valence-corrected chi connectivity index (χ3v) is 4.41. The number of nitrogens with zero attached hydrogens (tertiary/aromatic N) is 2. The van der Waals surface area contributed by atoms with Gasteiger partial charge in [-0.2, -0.15) is 0 Å². The van der Waals surface area contributed by atoms with Crippen LogP contribution >= 0.6 is 15.9 Å². The molecule has 0 bridgehead atoms. The zero-order valence-corrected chi connectivity index (χ0v) is 13.2. The first-order valence-corrected chi connectivity index (χ1v) is 8.07. The maximum atomic E-state index is 5.48. The number of halogens is 1. The second kappa shape index (κ2) is 6.89. The van der Waals surface area contributed by atoms with Gasteiger partial charge in [-0.05, 0) is 18.2 Å². The molecule has 3 rings (SSSR count). The molecular weight excluding hydrogens is 320 g/mol. The molecule has 0 saturated carbocycles. The SMILES string of the molecule is Brc1cccc(N2CCN(CCC3OCCO3)CC2)c1. The van der Waals surface area contributed by atoms with Crippen LogP contribution in [0, 0.1) is 0 Å². The molecule has 2 heterocycles. The lowest BCUT2D eigenvalue weighted by atomic mass is 10.2. The smallest absolute Gasteiger partial charge is 0.159 e. The van der Waals surface area contributed by atoms with E-state index in [1.54, 1.807) is 0 Å². The van der Waals surface area contributed by atoms with Gasteiger partial charge in [-0.3, -0.25) is 4.90 Å². The minimum atomic E-state index is 0.0260. The Morgan fingerprint density at radius 2 is 1.85 bits per heavy atom. The number of hydrogen-bond acceptors (Lipinski definition) is 4. The standard InChI is InChI=1S/C15H21BrN2O2/c16-13-2-1-3-14(12-13)18-8-6-17(7-9-18)5-4-15-19-10-11-20-15/h1-3,12,15H,4-11H2. The van der Waals surface area contributed by atoms with Gasteiger partial charge in [0.15, 0.2) is 6.29 Å². The lowest BCUT2D eigenvalue weighted by Crippen LogP contribution is -2.47. The molecule has 5 heteroatoms. The summed E-state index contributed by atoms with van der Waals surface area (Å²) in [5.41, 5.74) is 1.31. The summed E-state index contributed by atoms with van der Waals surface area (Å²) in [4.78, 5) is 4.95. The molecule has 0 amide bonds. The van der Waals surface area contributed by atoms with Gasteiger partial charge in [0, 0.05) is 49.3 Å². The van der Waals surface area contributed by atoms with E-state index in [0.717, 1.165) is 56.8 Å². The molecule has 0 radical (unpaired) electrons. The first-order valence-electron chi connectivity index (χ1n) is 7.27. The Kier molecular flexibility index (Phi) is 4.94. The summed E-state index contributed by atoms with van der Waals surface area (Å²) in [5.74, 6) is 0. The van der Waals surface area contributed by atoms with Gasteiger partial charge in [-0.25, -0.2) is 0 Å². The van der Waals surface area contributed by atoms with Crippen LogP contribution in [0.4, 0.5) is 5.69 Å². The fourth-order valence-electron chi connectivity index (χ4n) is 2.76. The molecule has 1 aromatic rings. The predicted octanol–water partition coefficient (Wildman–Crippen LogP) is 2.33. The molecular formula is C15H21BrN2O2. The van der Waals surface area contributed by atoms with Crippen molar-refractivity contribution >= 4 is 21.6 Å². The molecule has 1 aromatic carbocycles. The zero-order valence-electron chi connectivity index (χ0n) is 11.6. The van der Waals surface area contributed by atoms with Gasteiger partial charge in [0.1, 0.15) is 0 Å². The van der Waals surface area contributed by atoms with Crippen LogP contribution in [0.2, 0.25) is 0 Å². The average molecular weight is 341 g/mol. The minimum Gasteiger partial charge on any atom is -0.369 e. The summed E-state index contributed by atoms with van der Waals surface area (Å²) in [5, 5.41) is 0. The molecule has 0 N–H and O–H groups in total. The summed E-state index contributed by atoms with van der Waals surface area (Å²) in [6, 6.07) is 8.54. The van der Waals surface area contributed by atoms with Crippen molar-refractivity contribution in [2.45, 2.75) is 12.7 Å². The van der Waals surface area contributed by atoms with E-state index < -0.39 is 0 Å². The van der Waals surface area contributed by atoms with Crippen molar-refractivity contribution in [1.82, 2.24) is 4.90 Å². The van der Waals surface area contributed by atoms with Gasteiger partial charge in [-0.1, -0.05) is 22.0 Å². The summed E-state index contributed by atoms with van der Waals surface area (Å²) in [7, 11) is 0. The van der Waals surface area contributed by atoms with Crippen molar-refractivity contribution in [2.24, 2.45) is 0 Å². The third-order valence-electron chi connectivity index (χ3n) is 3.92. The van der Waals surface area contributed by atoms with Gasteiger partial charge >= 0.3 is 0 Å². The molecule has 20 heavy (non-hydrogen) atoms. The van der Waals surface area contributed by atoms with Crippen molar-refractivity contribution in [3.05, 3.63) is 28.7 Å². The van der Waals surface area contributed by atoms with Crippen LogP contribution in [0.25, 0.3) is 0 Å². The zero-order chi connectivity index (χ0) is 13.8. The molecule has 2 fully saturated rings. The van der Waals surface area contributed by atoms with Crippen LogP contribution in [0.3, 0.4) is 0 Å². The van der Waals surface area contributed by atoms with Crippen LogP contribution in [0.5, 0.6) is 0 Å². The van der Waals surface area contributed by atoms with E-state index in [1.165, 1.54) is 5.69 Å². The van der Waals surface area contributed by atoms with E-state index in [2.05, 4.69) is 50.0 Å². The van der Waals surface area contributed by atoms with Gasteiger partial charge in [-0.15, -0.1) is 0 Å². The van der Waals surface area contributed by atoms with Crippen LogP contribution in [0.15, 0.2) is 28.7 Å².